The summed E-state index contributed by atoms with van der Waals surface area (Å²) in [6.07, 6.45) is 0.00275. The van der Waals surface area contributed by atoms with Gasteiger partial charge in [-0.15, -0.1) is 0 Å². The average Bonchev–Trinajstić information content (AvgIpc) is 2.44. The van der Waals surface area contributed by atoms with E-state index in [4.69, 9.17) is 0 Å². The molecule has 0 saturated heterocycles. The Hall–Kier alpha value is -2.51. The first-order valence-electron chi connectivity index (χ1n) is 6.00. The third-order valence-electron chi connectivity index (χ3n) is 2.46. The second kappa shape index (κ2) is 7.93. The summed E-state index contributed by atoms with van der Waals surface area (Å²) in [5.74, 6) is -3.68. The zero-order valence-electron chi connectivity index (χ0n) is 11.2. The average molecular weight is 300 g/mol. The predicted molar refractivity (Wildman–Crippen MR) is 68.3 cm³/mol. The molecule has 0 saturated carbocycles. The van der Waals surface area contributed by atoms with Gasteiger partial charge in [0.2, 0.25) is 5.91 Å². The van der Waals surface area contributed by atoms with Crippen molar-refractivity contribution >= 4 is 17.8 Å². The summed E-state index contributed by atoms with van der Waals surface area (Å²) in [4.78, 5) is 33.7. The Bertz CT molecular complexity index is 549. The Morgan fingerprint density at radius 2 is 1.90 bits per heavy atom. The van der Waals surface area contributed by atoms with Gasteiger partial charge in [0, 0.05) is 12.6 Å². The smallest absolute Gasteiger partial charge is 0.307 e. The van der Waals surface area contributed by atoms with Crippen LogP contribution in [0.1, 0.15) is 16.8 Å². The number of hydrogen-bond acceptors (Lipinski definition) is 4. The van der Waals surface area contributed by atoms with Gasteiger partial charge >= 0.3 is 5.97 Å². The zero-order chi connectivity index (χ0) is 15.8. The van der Waals surface area contributed by atoms with Gasteiger partial charge in [-0.1, -0.05) is 0 Å². The van der Waals surface area contributed by atoms with Crippen LogP contribution in [-0.2, 0) is 14.3 Å². The van der Waals surface area contributed by atoms with Crippen LogP contribution in [-0.4, -0.2) is 38.0 Å². The molecule has 8 heteroatoms. The Balaban J connectivity index is 2.39. The number of ether oxygens (including phenoxy) is 1. The van der Waals surface area contributed by atoms with E-state index in [1.165, 1.54) is 7.11 Å². The van der Waals surface area contributed by atoms with E-state index in [0.717, 1.165) is 12.1 Å². The SMILES string of the molecule is COC(=O)CCNC(=O)CNC(=O)c1ccc(F)cc1F. The van der Waals surface area contributed by atoms with Crippen LogP contribution < -0.4 is 10.6 Å². The number of halogens is 2. The first-order chi connectivity index (χ1) is 9.93. The number of rotatable bonds is 6. The number of carbonyl (C=O) groups excluding carboxylic acids is 3. The molecule has 0 bridgehead atoms. The number of amides is 2. The number of nitrogens with one attached hydrogen (secondary N) is 2. The monoisotopic (exact) mass is 300 g/mol. The van der Waals surface area contributed by atoms with Gasteiger partial charge in [-0.2, -0.15) is 0 Å². The molecule has 0 heterocycles. The summed E-state index contributed by atoms with van der Waals surface area (Å²) >= 11 is 0. The van der Waals surface area contributed by atoms with Crippen LogP contribution in [0.2, 0.25) is 0 Å². The van der Waals surface area contributed by atoms with Crippen molar-refractivity contribution in [2.75, 3.05) is 20.2 Å². The van der Waals surface area contributed by atoms with E-state index < -0.39 is 36.0 Å². The lowest BCUT2D eigenvalue weighted by atomic mass is 10.2. The van der Waals surface area contributed by atoms with E-state index in [1.807, 2.05) is 0 Å². The Kier molecular flexibility index (Phi) is 6.25. The molecule has 1 aromatic rings. The molecule has 0 radical (unpaired) electrons. The second-order valence-corrected chi connectivity index (χ2v) is 3.98. The predicted octanol–water partition coefficient (Wildman–Crippen LogP) is 0.374. The molecule has 0 spiro atoms. The zero-order valence-corrected chi connectivity index (χ0v) is 11.2. The van der Waals surface area contributed by atoms with Crippen molar-refractivity contribution in [1.29, 1.82) is 0 Å². The van der Waals surface area contributed by atoms with Gasteiger partial charge in [-0.05, 0) is 12.1 Å². The molecular weight excluding hydrogens is 286 g/mol. The lowest BCUT2D eigenvalue weighted by Gasteiger charge is -2.07. The number of benzene rings is 1. The van der Waals surface area contributed by atoms with Gasteiger partial charge in [0.1, 0.15) is 11.6 Å². The summed E-state index contributed by atoms with van der Waals surface area (Å²) < 4.78 is 30.4. The van der Waals surface area contributed by atoms with Crippen LogP contribution in [0.5, 0.6) is 0 Å². The number of methoxy groups -OCH3 is 1. The molecule has 2 amide bonds. The molecule has 0 unspecified atom stereocenters. The van der Waals surface area contributed by atoms with Crippen LogP contribution in [0.3, 0.4) is 0 Å². The molecular formula is C13H14F2N2O4. The molecule has 2 N–H and O–H groups in total. The number of esters is 1. The first-order valence-corrected chi connectivity index (χ1v) is 6.00. The fourth-order valence-corrected chi connectivity index (χ4v) is 1.40. The van der Waals surface area contributed by atoms with Gasteiger partial charge in [0.25, 0.3) is 5.91 Å². The van der Waals surface area contributed by atoms with Gasteiger partial charge < -0.3 is 15.4 Å². The minimum Gasteiger partial charge on any atom is -0.469 e. The van der Waals surface area contributed by atoms with Crippen molar-refractivity contribution in [2.45, 2.75) is 6.42 Å². The van der Waals surface area contributed by atoms with Crippen molar-refractivity contribution < 1.29 is 27.9 Å². The maximum absolute atomic E-state index is 13.3. The van der Waals surface area contributed by atoms with E-state index in [1.54, 1.807) is 0 Å². The fraction of sp³-hybridized carbons (Fsp3) is 0.308. The highest BCUT2D eigenvalue weighted by Gasteiger charge is 2.13. The molecule has 0 aliphatic rings. The molecule has 1 aromatic carbocycles. The second-order valence-electron chi connectivity index (χ2n) is 3.98. The van der Waals surface area contributed by atoms with Gasteiger partial charge in [0.05, 0.1) is 25.6 Å². The van der Waals surface area contributed by atoms with Crippen LogP contribution in [0.25, 0.3) is 0 Å². The van der Waals surface area contributed by atoms with Gasteiger partial charge in [-0.3, -0.25) is 14.4 Å². The van der Waals surface area contributed by atoms with E-state index in [0.29, 0.717) is 6.07 Å². The van der Waals surface area contributed by atoms with Gasteiger partial charge in [-0.25, -0.2) is 8.78 Å². The van der Waals surface area contributed by atoms with Crippen molar-refractivity contribution in [3.8, 4) is 0 Å². The minimum absolute atomic E-state index is 0.00275. The van der Waals surface area contributed by atoms with Crippen LogP contribution in [0.15, 0.2) is 18.2 Å². The van der Waals surface area contributed by atoms with E-state index in [2.05, 4.69) is 15.4 Å². The first kappa shape index (κ1) is 16.5. The lowest BCUT2D eigenvalue weighted by Crippen LogP contribution is -2.38. The van der Waals surface area contributed by atoms with E-state index in [9.17, 15) is 23.2 Å². The lowest BCUT2D eigenvalue weighted by molar-refractivity contribution is -0.140. The third kappa shape index (κ3) is 5.55. The van der Waals surface area contributed by atoms with E-state index >= 15 is 0 Å². The normalized spacial score (nSPS) is 9.86. The largest absolute Gasteiger partial charge is 0.469 e. The minimum atomic E-state index is -1.02. The summed E-state index contributed by atoms with van der Waals surface area (Å²) in [7, 11) is 1.22. The highest BCUT2D eigenvalue weighted by molar-refractivity contribution is 5.96. The molecule has 1 rings (SSSR count). The van der Waals surface area contributed by atoms with Crippen molar-refractivity contribution in [2.24, 2.45) is 0 Å². The van der Waals surface area contributed by atoms with Crippen LogP contribution in [0, 0.1) is 11.6 Å². The molecule has 0 aliphatic carbocycles. The molecule has 114 valence electrons. The maximum Gasteiger partial charge on any atom is 0.307 e. The van der Waals surface area contributed by atoms with Crippen molar-refractivity contribution in [3.05, 3.63) is 35.4 Å². The summed E-state index contributed by atoms with van der Waals surface area (Å²) in [6, 6.07) is 2.49. The topological polar surface area (TPSA) is 84.5 Å². The Morgan fingerprint density at radius 1 is 1.19 bits per heavy atom. The molecule has 0 fully saturated rings. The third-order valence-corrected chi connectivity index (χ3v) is 2.46. The fourth-order valence-electron chi connectivity index (χ4n) is 1.40. The van der Waals surface area contributed by atoms with Crippen molar-refractivity contribution in [3.63, 3.8) is 0 Å². The van der Waals surface area contributed by atoms with Crippen LogP contribution in [0.4, 0.5) is 8.78 Å². The number of carbonyl (C=O) groups is 3. The highest BCUT2D eigenvalue weighted by atomic mass is 19.1. The van der Waals surface area contributed by atoms with Crippen LogP contribution >= 0.6 is 0 Å². The molecule has 0 aliphatic heterocycles. The summed E-state index contributed by atoms with van der Waals surface area (Å²) in [6.45, 7) is -0.330. The van der Waals surface area contributed by atoms with E-state index in [-0.39, 0.29) is 18.5 Å². The molecule has 0 atom stereocenters. The van der Waals surface area contributed by atoms with Crippen molar-refractivity contribution in [1.82, 2.24) is 10.6 Å². The molecule has 21 heavy (non-hydrogen) atoms. The maximum atomic E-state index is 13.3. The standard InChI is InChI=1S/C13H14F2N2O4/c1-21-12(19)4-5-16-11(18)7-17-13(20)9-3-2-8(14)6-10(9)15/h2-3,6H,4-5,7H2,1H3,(H,16,18)(H,17,20). The van der Waals surface area contributed by atoms with Gasteiger partial charge in [0.15, 0.2) is 0 Å². The Labute approximate surface area is 119 Å². The quantitative estimate of drug-likeness (QED) is 0.744. The molecule has 6 nitrogen and oxygen atoms in total. The highest BCUT2D eigenvalue weighted by Crippen LogP contribution is 2.08. The molecule has 0 aromatic heterocycles. The number of hydrogen-bond donors (Lipinski definition) is 2. The summed E-state index contributed by atoms with van der Waals surface area (Å²) in [5, 5.41) is 4.55. The summed E-state index contributed by atoms with van der Waals surface area (Å²) in [5.41, 5.74) is -0.362. The Morgan fingerprint density at radius 3 is 2.52 bits per heavy atom.